The molecule has 5 nitrogen and oxygen atoms in total. The van der Waals surface area contributed by atoms with Gasteiger partial charge in [0.15, 0.2) is 0 Å². The quantitative estimate of drug-likeness (QED) is 0.828. The third kappa shape index (κ3) is 3.85. The van der Waals surface area contributed by atoms with Crippen LogP contribution in [-0.2, 0) is 17.6 Å². The zero-order chi connectivity index (χ0) is 17.8. The van der Waals surface area contributed by atoms with Crippen LogP contribution in [0.2, 0.25) is 0 Å². The predicted octanol–water partition coefficient (Wildman–Crippen LogP) is 4.76. The highest BCUT2D eigenvalue weighted by Crippen LogP contribution is 2.38. The lowest BCUT2D eigenvalue weighted by Crippen LogP contribution is -2.19. The number of carbonyl (C=O) groups excluding carboxylic acids is 2. The molecule has 1 aromatic carbocycles. The van der Waals surface area contributed by atoms with Crippen molar-refractivity contribution in [1.82, 2.24) is 0 Å². The molecule has 2 aromatic rings. The van der Waals surface area contributed by atoms with Crippen LogP contribution in [0.5, 0.6) is 0 Å². The smallest absolute Gasteiger partial charge is 0.412 e. The molecule has 2 N–H and O–H groups in total. The van der Waals surface area contributed by atoms with Gasteiger partial charge >= 0.3 is 6.09 Å². The highest BCUT2D eigenvalue weighted by molar-refractivity contribution is 7.17. The fourth-order valence-electron chi connectivity index (χ4n) is 3.05. The summed E-state index contributed by atoms with van der Waals surface area (Å²) < 4.78 is 4.97. The normalized spacial score (nSPS) is 13.0. The van der Waals surface area contributed by atoms with Crippen molar-refractivity contribution in [3.63, 3.8) is 0 Å². The molecule has 6 heteroatoms. The van der Waals surface area contributed by atoms with Crippen LogP contribution in [0.15, 0.2) is 24.3 Å². The molecule has 3 rings (SSSR count). The van der Waals surface area contributed by atoms with E-state index in [2.05, 4.69) is 10.6 Å². The van der Waals surface area contributed by atoms with E-state index in [0.29, 0.717) is 17.2 Å². The van der Waals surface area contributed by atoms with Gasteiger partial charge in [-0.15, -0.1) is 11.3 Å². The first-order valence-corrected chi connectivity index (χ1v) is 9.37. The Bertz CT molecular complexity index is 798. The molecule has 25 heavy (non-hydrogen) atoms. The number of para-hydroxylation sites is 1. The van der Waals surface area contributed by atoms with Gasteiger partial charge in [0.2, 0.25) is 0 Å². The van der Waals surface area contributed by atoms with Crippen molar-refractivity contribution in [2.75, 3.05) is 17.2 Å². The van der Waals surface area contributed by atoms with Crippen LogP contribution < -0.4 is 10.6 Å². The van der Waals surface area contributed by atoms with E-state index in [1.807, 2.05) is 31.2 Å². The number of aryl methyl sites for hydroxylation is 2. The van der Waals surface area contributed by atoms with Crippen LogP contribution in [-0.4, -0.2) is 18.6 Å². The summed E-state index contributed by atoms with van der Waals surface area (Å²) in [6.07, 6.45) is 3.48. The Balaban J connectivity index is 1.92. The summed E-state index contributed by atoms with van der Waals surface area (Å²) in [6, 6.07) is 7.66. The number of benzene rings is 1. The minimum atomic E-state index is -0.522. The van der Waals surface area contributed by atoms with Crippen LogP contribution in [0.25, 0.3) is 0 Å². The number of fused-ring (bicyclic) bond motifs is 1. The zero-order valence-electron chi connectivity index (χ0n) is 14.5. The van der Waals surface area contributed by atoms with Crippen molar-refractivity contribution in [1.29, 1.82) is 0 Å². The fraction of sp³-hybridized carbons (Fsp3) is 0.368. The van der Waals surface area contributed by atoms with E-state index in [1.165, 1.54) is 16.2 Å². The number of ether oxygens (including phenoxy) is 1. The van der Waals surface area contributed by atoms with Gasteiger partial charge in [-0.3, -0.25) is 10.1 Å². The Morgan fingerprint density at radius 2 is 1.92 bits per heavy atom. The first kappa shape index (κ1) is 17.5. The number of rotatable bonds is 4. The maximum Gasteiger partial charge on any atom is 0.412 e. The van der Waals surface area contributed by atoms with Crippen molar-refractivity contribution in [2.24, 2.45) is 0 Å². The molecule has 0 unspecified atom stereocenters. The Morgan fingerprint density at radius 1 is 1.16 bits per heavy atom. The Kier molecular flexibility index (Phi) is 5.38. The standard InChI is InChI=1S/C19H22N2O3S/c1-3-24-19(23)21-18-16(13-9-5-7-11-15(13)25-18)17(22)20-14-10-6-4-8-12(14)2/h4,6,8,10H,3,5,7,9,11H2,1-2H3,(H,20,22)(H,21,23). The summed E-state index contributed by atoms with van der Waals surface area (Å²) in [5.74, 6) is -0.180. The highest BCUT2D eigenvalue weighted by atomic mass is 32.1. The molecule has 0 saturated carbocycles. The summed E-state index contributed by atoms with van der Waals surface area (Å²) in [5, 5.41) is 6.31. The van der Waals surface area contributed by atoms with E-state index in [0.717, 1.165) is 42.5 Å². The number of carbonyl (C=O) groups is 2. The van der Waals surface area contributed by atoms with Gasteiger partial charge in [-0.25, -0.2) is 4.79 Å². The molecule has 0 fully saturated rings. The summed E-state index contributed by atoms with van der Waals surface area (Å²) in [5.41, 5.74) is 3.43. The number of anilines is 2. The number of hydrogen-bond donors (Lipinski definition) is 2. The lowest BCUT2D eigenvalue weighted by atomic mass is 9.95. The second-order valence-electron chi connectivity index (χ2n) is 6.03. The van der Waals surface area contributed by atoms with Crippen molar-refractivity contribution in [3.05, 3.63) is 45.8 Å². The first-order valence-electron chi connectivity index (χ1n) is 8.55. The molecular formula is C19H22N2O3S. The molecular weight excluding hydrogens is 336 g/mol. The molecule has 132 valence electrons. The molecule has 0 radical (unpaired) electrons. The molecule has 0 bridgehead atoms. The number of hydrogen-bond acceptors (Lipinski definition) is 4. The van der Waals surface area contributed by atoms with Gasteiger partial charge in [0.1, 0.15) is 5.00 Å². The average Bonchev–Trinajstić information content (AvgIpc) is 2.94. The van der Waals surface area contributed by atoms with Crippen molar-refractivity contribution in [2.45, 2.75) is 39.5 Å². The van der Waals surface area contributed by atoms with Crippen molar-refractivity contribution in [3.8, 4) is 0 Å². The molecule has 0 spiro atoms. The molecule has 0 aliphatic heterocycles. The number of amides is 2. The molecule has 2 amide bonds. The number of nitrogens with one attached hydrogen (secondary N) is 2. The van der Waals surface area contributed by atoms with E-state index in [1.54, 1.807) is 6.92 Å². The van der Waals surface area contributed by atoms with Crippen molar-refractivity contribution >= 4 is 34.0 Å². The Labute approximate surface area is 151 Å². The lowest BCUT2D eigenvalue weighted by Gasteiger charge is -2.14. The third-order valence-corrected chi connectivity index (χ3v) is 5.49. The van der Waals surface area contributed by atoms with Gasteiger partial charge in [0.25, 0.3) is 5.91 Å². The van der Waals surface area contributed by atoms with Crippen LogP contribution in [0, 0.1) is 6.92 Å². The highest BCUT2D eigenvalue weighted by Gasteiger charge is 2.26. The minimum absolute atomic E-state index is 0.180. The summed E-state index contributed by atoms with van der Waals surface area (Å²) >= 11 is 1.49. The minimum Gasteiger partial charge on any atom is -0.450 e. The second kappa shape index (κ2) is 7.70. The third-order valence-electron chi connectivity index (χ3n) is 4.28. The monoisotopic (exact) mass is 358 g/mol. The second-order valence-corrected chi connectivity index (χ2v) is 7.13. The Morgan fingerprint density at radius 3 is 2.68 bits per heavy atom. The molecule has 0 saturated heterocycles. The van der Waals surface area contributed by atoms with Crippen LogP contribution in [0.3, 0.4) is 0 Å². The maximum absolute atomic E-state index is 13.0. The van der Waals surface area contributed by atoms with Gasteiger partial charge in [-0.2, -0.15) is 0 Å². The Hall–Kier alpha value is -2.34. The SMILES string of the molecule is CCOC(=O)Nc1sc2c(c1C(=O)Nc1ccccc1C)CCCC2. The maximum atomic E-state index is 13.0. The van der Waals surface area contributed by atoms with Gasteiger partial charge < -0.3 is 10.1 Å². The van der Waals surface area contributed by atoms with Crippen molar-refractivity contribution < 1.29 is 14.3 Å². The molecule has 1 aliphatic carbocycles. The summed E-state index contributed by atoms with van der Waals surface area (Å²) in [4.78, 5) is 26.0. The average molecular weight is 358 g/mol. The van der Waals surface area contributed by atoms with Gasteiger partial charge in [-0.1, -0.05) is 18.2 Å². The lowest BCUT2D eigenvalue weighted by molar-refractivity contribution is 0.102. The molecule has 1 heterocycles. The molecule has 1 aromatic heterocycles. The summed E-state index contributed by atoms with van der Waals surface area (Å²) in [6.45, 7) is 4.00. The zero-order valence-corrected chi connectivity index (χ0v) is 15.3. The van der Waals surface area contributed by atoms with E-state index in [-0.39, 0.29) is 5.91 Å². The fourth-order valence-corrected chi connectivity index (χ4v) is 4.32. The van der Waals surface area contributed by atoms with Gasteiger partial charge in [0, 0.05) is 10.6 Å². The number of thiophene rings is 1. The topological polar surface area (TPSA) is 67.4 Å². The van der Waals surface area contributed by atoms with Gasteiger partial charge in [-0.05, 0) is 56.7 Å². The van der Waals surface area contributed by atoms with Gasteiger partial charge in [0.05, 0.1) is 12.2 Å². The first-order chi connectivity index (χ1) is 12.1. The van der Waals surface area contributed by atoms with E-state index in [4.69, 9.17) is 4.74 Å². The van der Waals surface area contributed by atoms with Crippen LogP contribution in [0.4, 0.5) is 15.5 Å². The molecule has 0 atom stereocenters. The summed E-state index contributed by atoms with van der Waals surface area (Å²) in [7, 11) is 0. The largest absolute Gasteiger partial charge is 0.450 e. The van der Waals surface area contributed by atoms with Crippen LogP contribution >= 0.6 is 11.3 Å². The predicted molar refractivity (Wildman–Crippen MR) is 101 cm³/mol. The van der Waals surface area contributed by atoms with E-state index in [9.17, 15) is 9.59 Å². The van der Waals surface area contributed by atoms with Crippen LogP contribution in [0.1, 0.15) is 46.1 Å². The molecule has 1 aliphatic rings. The van der Waals surface area contributed by atoms with E-state index < -0.39 is 6.09 Å². The van der Waals surface area contributed by atoms with E-state index >= 15 is 0 Å².